The highest BCUT2D eigenvalue weighted by Crippen LogP contribution is 2.38. The van der Waals surface area contributed by atoms with E-state index in [1.807, 2.05) is 6.92 Å². The van der Waals surface area contributed by atoms with Crippen LogP contribution in [0.3, 0.4) is 0 Å². The van der Waals surface area contributed by atoms with E-state index in [2.05, 4.69) is 10.2 Å². The molecule has 7 heteroatoms. The summed E-state index contributed by atoms with van der Waals surface area (Å²) in [6, 6.07) is 0. The Bertz CT molecular complexity index is 403. The lowest BCUT2D eigenvalue weighted by atomic mass is 9.91. The summed E-state index contributed by atoms with van der Waals surface area (Å²) >= 11 is 0. The van der Waals surface area contributed by atoms with Crippen LogP contribution in [0.2, 0.25) is 0 Å². The monoisotopic (exact) mass is 226 g/mol. The molecule has 0 aliphatic carbocycles. The molecule has 1 aromatic rings. The molecule has 2 heterocycles. The lowest BCUT2D eigenvalue weighted by Crippen LogP contribution is -2.58. The van der Waals surface area contributed by atoms with Crippen molar-refractivity contribution in [1.29, 1.82) is 0 Å². The normalized spacial score (nSPS) is 34.2. The lowest BCUT2D eigenvalue weighted by Gasteiger charge is -2.36. The van der Waals surface area contributed by atoms with Crippen LogP contribution in [0.1, 0.15) is 27.2 Å². The van der Waals surface area contributed by atoms with E-state index >= 15 is 0 Å². The van der Waals surface area contributed by atoms with Gasteiger partial charge in [0, 0.05) is 0 Å². The number of aromatic nitrogens is 3. The third kappa shape index (κ3) is 1.21. The standard InChI is InChI=1S/C9H14N4O3/c1-4-8(2)9(3,15)13(7(14)16-8)12-5-10-11-6-12/h5-6,15H,4H2,1-3H3/t8-,9-/m1/s1. The number of nitrogens with zero attached hydrogens (tertiary/aromatic N) is 4. The van der Waals surface area contributed by atoms with Crippen LogP contribution in [0.4, 0.5) is 4.79 Å². The zero-order valence-corrected chi connectivity index (χ0v) is 9.41. The summed E-state index contributed by atoms with van der Waals surface area (Å²) in [5.41, 5.74) is -2.39. The molecule has 1 N–H and O–H groups in total. The molecule has 16 heavy (non-hydrogen) atoms. The molecule has 1 aliphatic rings. The van der Waals surface area contributed by atoms with E-state index in [1.54, 1.807) is 6.92 Å². The fourth-order valence-electron chi connectivity index (χ4n) is 1.76. The Hall–Kier alpha value is -1.63. The van der Waals surface area contributed by atoms with Gasteiger partial charge in [-0.2, -0.15) is 5.01 Å². The van der Waals surface area contributed by atoms with Crippen molar-refractivity contribution in [2.45, 2.75) is 38.5 Å². The minimum atomic E-state index is -1.44. The van der Waals surface area contributed by atoms with Crippen molar-refractivity contribution in [3.63, 3.8) is 0 Å². The van der Waals surface area contributed by atoms with E-state index in [0.29, 0.717) is 6.42 Å². The molecule has 0 bridgehead atoms. The number of carbonyl (C=O) groups excluding carboxylic acids is 1. The van der Waals surface area contributed by atoms with Crippen molar-refractivity contribution < 1.29 is 14.6 Å². The number of hydrogen-bond acceptors (Lipinski definition) is 5. The maximum atomic E-state index is 11.7. The van der Waals surface area contributed by atoms with Gasteiger partial charge in [-0.15, -0.1) is 10.2 Å². The summed E-state index contributed by atoms with van der Waals surface area (Å²) in [6.45, 7) is 5.06. The first kappa shape index (κ1) is 10.9. The van der Waals surface area contributed by atoms with Crippen LogP contribution in [-0.2, 0) is 4.74 Å². The summed E-state index contributed by atoms with van der Waals surface area (Å²) in [6.07, 6.45) is 2.55. The molecule has 1 fully saturated rings. The Morgan fingerprint density at radius 1 is 1.44 bits per heavy atom. The van der Waals surface area contributed by atoms with Gasteiger partial charge in [0.2, 0.25) is 5.72 Å². The molecular formula is C9H14N4O3. The maximum absolute atomic E-state index is 11.7. The van der Waals surface area contributed by atoms with E-state index in [0.717, 1.165) is 5.01 Å². The molecule has 0 radical (unpaired) electrons. The molecule has 1 aliphatic heterocycles. The van der Waals surface area contributed by atoms with Gasteiger partial charge >= 0.3 is 6.09 Å². The highest BCUT2D eigenvalue weighted by molar-refractivity contribution is 5.83. The number of ether oxygens (including phenoxy) is 1. The average Bonchev–Trinajstić information content (AvgIpc) is 2.74. The minimum Gasteiger partial charge on any atom is -0.437 e. The Morgan fingerprint density at radius 2 is 2.00 bits per heavy atom. The van der Waals surface area contributed by atoms with Gasteiger partial charge in [-0.05, 0) is 20.3 Å². The molecule has 1 amide bonds. The van der Waals surface area contributed by atoms with Crippen LogP contribution in [0.15, 0.2) is 12.7 Å². The smallest absolute Gasteiger partial charge is 0.432 e. The van der Waals surface area contributed by atoms with E-state index in [9.17, 15) is 9.90 Å². The van der Waals surface area contributed by atoms with Gasteiger partial charge in [-0.1, -0.05) is 6.92 Å². The van der Waals surface area contributed by atoms with Crippen LogP contribution >= 0.6 is 0 Å². The molecular weight excluding hydrogens is 212 g/mol. The SMILES string of the molecule is CC[C@@]1(C)OC(=O)N(n2cnnc2)[C@]1(C)O. The van der Waals surface area contributed by atoms with Crippen LogP contribution in [0, 0.1) is 0 Å². The summed E-state index contributed by atoms with van der Waals surface area (Å²) in [4.78, 5) is 11.7. The molecule has 0 saturated carbocycles. The van der Waals surface area contributed by atoms with Crippen LogP contribution in [0.25, 0.3) is 0 Å². The number of rotatable bonds is 2. The first-order valence-electron chi connectivity index (χ1n) is 5.03. The second-order valence-corrected chi connectivity index (χ2v) is 4.13. The predicted octanol–water partition coefficient (Wildman–Crippen LogP) is 0.244. The highest BCUT2D eigenvalue weighted by atomic mass is 16.6. The number of cyclic esters (lactones) is 1. The largest absolute Gasteiger partial charge is 0.437 e. The van der Waals surface area contributed by atoms with Crippen molar-refractivity contribution in [2.75, 3.05) is 5.01 Å². The molecule has 2 rings (SSSR count). The Balaban J connectivity index is 2.45. The highest BCUT2D eigenvalue weighted by Gasteiger charge is 2.59. The second-order valence-electron chi connectivity index (χ2n) is 4.13. The summed E-state index contributed by atoms with van der Waals surface area (Å²) in [5, 5.41) is 18.7. The van der Waals surface area contributed by atoms with Crippen molar-refractivity contribution in [2.24, 2.45) is 0 Å². The first-order chi connectivity index (χ1) is 7.42. The number of hydrogen-bond donors (Lipinski definition) is 1. The zero-order chi connectivity index (χ0) is 12.0. The second kappa shape index (κ2) is 3.18. The molecule has 0 spiro atoms. The van der Waals surface area contributed by atoms with E-state index in [4.69, 9.17) is 4.74 Å². The lowest BCUT2D eigenvalue weighted by molar-refractivity contribution is -0.0921. The van der Waals surface area contributed by atoms with E-state index in [-0.39, 0.29) is 0 Å². The fraction of sp³-hybridized carbons (Fsp3) is 0.667. The Kier molecular flexibility index (Phi) is 2.16. The van der Waals surface area contributed by atoms with Crippen LogP contribution < -0.4 is 5.01 Å². The molecule has 7 nitrogen and oxygen atoms in total. The summed E-state index contributed by atoms with van der Waals surface area (Å²) in [7, 11) is 0. The van der Waals surface area contributed by atoms with Gasteiger partial charge in [-0.3, -0.25) is 0 Å². The molecule has 2 atom stereocenters. The van der Waals surface area contributed by atoms with Gasteiger partial charge in [-0.25, -0.2) is 9.47 Å². The van der Waals surface area contributed by atoms with Crippen molar-refractivity contribution in [3.8, 4) is 0 Å². The molecule has 0 unspecified atom stereocenters. The van der Waals surface area contributed by atoms with Gasteiger partial charge < -0.3 is 9.84 Å². The average molecular weight is 226 g/mol. The molecule has 1 saturated heterocycles. The number of carbonyl (C=O) groups is 1. The van der Waals surface area contributed by atoms with Crippen LogP contribution in [0.5, 0.6) is 0 Å². The van der Waals surface area contributed by atoms with Crippen molar-refractivity contribution in [3.05, 3.63) is 12.7 Å². The zero-order valence-electron chi connectivity index (χ0n) is 9.41. The molecule has 1 aromatic heterocycles. The first-order valence-corrected chi connectivity index (χ1v) is 5.03. The van der Waals surface area contributed by atoms with E-state index < -0.39 is 17.4 Å². The number of aliphatic hydroxyl groups is 1. The minimum absolute atomic E-state index is 0.504. The topological polar surface area (TPSA) is 80.5 Å². The van der Waals surface area contributed by atoms with Gasteiger partial charge in [0.1, 0.15) is 12.7 Å². The third-order valence-corrected chi connectivity index (χ3v) is 3.21. The summed E-state index contributed by atoms with van der Waals surface area (Å²) in [5.74, 6) is 0. The number of amides is 1. The predicted molar refractivity (Wildman–Crippen MR) is 54.0 cm³/mol. The third-order valence-electron chi connectivity index (χ3n) is 3.21. The molecule has 0 aromatic carbocycles. The van der Waals surface area contributed by atoms with Crippen molar-refractivity contribution in [1.82, 2.24) is 14.9 Å². The molecule has 88 valence electrons. The van der Waals surface area contributed by atoms with Crippen LogP contribution in [-0.4, -0.2) is 37.4 Å². The summed E-state index contributed by atoms with van der Waals surface area (Å²) < 4.78 is 6.52. The Labute approximate surface area is 92.6 Å². The Morgan fingerprint density at radius 3 is 2.44 bits per heavy atom. The van der Waals surface area contributed by atoms with Gasteiger partial charge in [0.15, 0.2) is 5.60 Å². The van der Waals surface area contributed by atoms with Crippen molar-refractivity contribution >= 4 is 6.09 Å². The fourth-order valence-corrected chi connectivity index (χ4v) is 1.76. The maximum Gasteiger partial charge on any atom is 0.432 e. The van der Waals surface area contributed by atoms with E-state index in [1.165, 1.54) is 24.3 Å². The quantitative estimate of drug-likeness (QED) is 0.781. The van der Waals surface area contributed by atoms with Gasteiger partial charge in [0.05, 0.1) is 0 Å². The van der Waals surface area contributed by atoms with Gasteiger partial charge in [0.25, 0.3) is 0 Å².